The standard InChI is InChI=1S/C17H22F2N6S.HI/c1-3-15-22-17(26-23-15)25-8-6-24(7-9-25)16(20-2)21-11-12-10-13(18)4-5-14(12)19;/h4-5,10H,3,6-9,11H2,1-2H3,(H,20,21);1H. The van der Waals surface area contributed by atoms with E-state index in [0.29, 0.717) is 5.96 Å². The van der Waals surface area contributed by atoms with Crippen LogP contribution in [0.3, 0.4) is 0 Å². The summed E-state index contributed by atoms with van der Waals surface area (Å²) in [6.45, 7) is 5.40. The van der Waals surface area contributed by atoms with Crippen molar-refractivity contribution >= 4 is 46.6 Å². The van der Waals surface area contributed by atoms with Crippen molar-refractivity contribution in [3.63, 3.8) is 0 Å². The number of anilines is 1. The highest BCUT2D eigenvalue weighted by molar-refractivity contribution is 14.0. The summed E-state index contributed by atoms with van der Waals surface area (Å²) in [7, 11) is 1.69. The van der Waals surface area contributed by atoms with E-state index in [1.807, 2.05) is 6.92 Å². The average Bonchev–Trinajstić information content (AvgIpc) is 3.14. The summed E-state index contributed by atoms with van der Waals surface area (Å²) in [5, 5.41) is 4.07. The van der Waals surface area contributed by atoms with Gasteiger partial charge in [-0.25, -0.2) is 13.8 Å². The number of aromatic nitrogens is 2. The van der Waals surface area contributed by atoms with Gasteiger partial charge in [-0.1, -0.05) is 6.92 Å². The number of piperazine rings is 1. The molecule has 0 unspecified atom stereocenters. The summed E-state index contributed by atoms with van der Waals surface area (Å²) in [5.41, 5.74) is 0.283. The third-order valence-corrected chi connectivity index (χ3v) is 5.09. The van der Waals surface area contributed by atoms with E-state index in [-0.39, 0.29) is 36.1 Å². The fraction of sp³-hybridized carbons (Fsp3) is 0.471. The predicted octanol–water partition coefficient (Wildman–Crippen LogP) is 2.89. The number of hydrogen-bond donors (Lipinski definition) is 1. The van der Waals surface area contributed by atoms with E-state index in [9.17, 15) is 8.78 Å². The largest absolute Gasteiger partial charge is 0.352 e. The van der Waals surface area contributed by atoms with Gasteiger partial charge < -0.3 is 15.1 Å². The molecule has 0 aliphatic carbocycles. The summed E-state index contributed by atoms with van der Waals surface area (Å²) in [5.74, 6) is 0.680. The lowest BCUT2D eigenvalue weighted by atomic mass is 10.2. The van der Waals surface area contributed by atoms with Crippen LogP contribution >= 0.6 is 35.5 Å². The average molecular weight is 508 g/mol. The van der Waals surface area contributed by atoms with Crippen LogP contribution in [0.15, 0.2) is 23.2 Å². The van der Waals surface area contributed by atoms with Crippen LogP contribution in [0.1, 0.15) is 18.3 Å². The third-order valence-electron chi connectivity index (χ3n) is 4.28. The lowest BCUT2D eigenvalue weighted by molar-refractivity contribution is 0.372. The van der Waals surface area contributed by atoms with Crippen molar-refractivity contribution < 1.29 is 8.78 Å². The summed E-state index contributed by atoms with van der Waals surface area (Å²) in [6.07, 6.45) is 0.837. The SMILES string of the molecule is CCc1nsc(N2CCN(C(=NC)NCc3cc(F)ccc3F)CC2)n1.I. The fourth-order valence-electron chi connectivity index (χ4n) is 2.81. The Labute approximate surface area is 178 Å². The highest BCUT2D eigenvalue weighted by Crippen LogP contribution is 2.19. The second kappa shape index (κ2) is 10.1. The van der Waals surface area contributed by atoms with Crippen LogP contribution in [0.5, 0.6) is 0 Å². The molecule has 1 aliphatic rings. The Morgan fingerprint density at radius 2 is 2.00 bits per heavy atom. The number of nitrogens with zero attached hydrogens (tertiary/aromatic N) is 5. The molecule has 6 nitrogen and oxygen atoms in total. The predicted molar refractivity (Wildman–Crippen MR) is 115 cm³/mol. The maximum Gasteiger partial charge on any atom is 0.205 e. The molecule has 1 aromatic heterocycles. The summed E-state index contributed by atoms with van der Waals surface area (Å²) < 4.78 is 31.4. The van der Waals surface area contributed by atoms with Crippen molar-refractivity contribution in [3.8, 4) is 0 Å². The van der Waals surface area contributed by atoms with Crippen LogP contribution in [0.2, 0.25) is 0 Å². The van der Waals surface area contributed by atoms with E-state index < -0.39 is 11.6 Å². The van der Waals surface area contributed by atoms with Crippen molar-refractivity contribution in [2.75, 3.05) is 38.1 Å². The molecule has 1 saturated heterocycles. The second-order valence-corrected chi connectivity index (χ2v) is 6.69. The van der Waals surface area contributed by atoms with Crippen molar-refractivity contribution in [2.24, 2.45) is 4.99 Å². The molecule has 0 saturated carbocycles. The van der Waals surface area contributed by atoms with Crippen LogP contribution in [0.4, 0.5) is 13.9 Å². The number of nitrogens with one attached hydrogen (secondary N) is 1. The number of halogens is 3. The Bertz CT molecular complexity index is 777. The van der Waals surface area contributed by atoms with E-state index in [1.54, 1.807) is 7.05 Å². The van der Waals surface area contributed by atoms with E-state index in [2.05, 4.69) is 29.5 Å². The normalized spacial score (nSPS) is 14.9. The van der Waals surface area contributed by atoms with Gasteiger partial charge in [0.05, 0.1) is 0 Å². The first kappa shape index (κ1) is 21.7. The van der Waals surface area contributed by atoms with E-state index in [1.165, 1.54) is 17.6 Å². The molecule has 0 bridgehead atoms. The number of guanidine groups is 1. The topological polar surface area (TPSA) is 56.7 Å². The Morgan fingerprint density at radius 1 is 1.26 bits per heavy atom. The molecular formula is C17H23F2IN6S. The molecule has 0 atom stereocenters. The number of rotatable bonds is 4. The van der Waals surface area contributed by atoms with Crippen LogP contribution < -0.4 is 10.2 Å². The monoisotopic (exact) mass is 508 g/mol. The van der Waals surface area contributed by atoms with Gasteiger partial charge in [-0.15, -0.1) is 24.0 Å². The van der Waals surface area contributed by atoms with Crippen molar-refractivity contribution in [1.82, 2.24) is 19.6 Å². The number of benzene rings is 1. The van der Waals surface area contributed by atoms with Crippen molar-refractivity contribution in [2.45, 2.75) is 19.9 Å². The Morgan fingerprint density at radius 3 is 2.63 bits per heavy atom. The number of hydrogen-bond acceptors (Lipinski definition) is 5. The molecule has 1 fully saturated rings. The first-order chi connectivity index (χ1) is 12.6. The van der Waals surface area contributed by atoms with Gasteiger partial charge >= 0.3 is 0 Å². The van der Waals surface area contributed by atoms with Gasteiger partial charge in [0, 0.05) is 63.3 Å². The number of aryl methyl sites for hydroxylation is 1. The first-order valence-corrected chi connectivity index (χ1v) is 9.35. The lowest BCUT2D eigenvalue weighted by Crippen LogP contribution is -2.52. The van der Waals surface area contributed by atoms with Crippen LogP contribution in [-0.4, -0.2) is 53.4 Å². The quantitative estimate of drug-likeness (QED) is 0.391. The van der Waals surface area contributed by atoms with Crippen molar-refractivity contribution in [1.29, 1.82) is 0 Å². The van der Waals surface area contributed by atoms with E-state index in [0.717, 1.165) is 55.7 Å². The van der Waals surface area contributed by atoms with Gasteiger partial charge in [0.2, 0.25) is 5.13 Å². The molecule has 3 rings (SSSR count). The molecule has 1 aromatic carbocycles. The summed E-state index contributed by atoms with van der Waals surface area (Å²) in [4.78, 5) is 13.1. The summed E-state index contributed by atoms with van der Waals surface area (Å²) >= 11 is 1.43. The molecule has 0 amide bonds. The lowest BCUT2D eigenvalue weighted by Gasteiger charge is -2.36. The zero-order valence-electron chi connectivity index (χ0n) is 15.3. The van der Waals surface area contributed by atoms with Crippen LogP contribution in [-0.2, 0) is 13.0 Å². The molecule has 1 aliphatic heterocycles. The van der Waals surface area contributed by atoms with Crippen LogP contribution in [0, 0.1) is 11.6 Å². The zero-order valence-corrected chi connectivity index (χ0v) is 18.4. The highest BCUT2D eigenvalue weighted by atomic mass is 127. The fourth-order valence-corrected chi connectivity index (χ4v) is 3.61. The first-order valence-electron chi connectivity index (χ1n) is 8.57. The van der Waals surface area contributed by atoms with Crippen molar-refractivity contribution in [3.05, 3.63) is 41.2 Å². The van der Waals surface area contributed by atoms with Gasteiger partial charge in [-0.2, -0.15) is 4.37 Å². The minimum atomic E-state index is -0.449. The van der Waals surface area contributed by atoms with Gasteiger partial charge in [0.15, 0.2) is 5.96 Å². The Hall–Kier alpha value is -1.56. The molecule has 27 heavy (non-hydrogen) atoms. The second-order valence-electron chi connectivity index (χ2n) is 5.96. The Kier molecular flexibility index (Phi) is 8.14. The molecule has 0 spiro atoms. The molecule has 10 heteroatoms. The third kappa shape index (κ3) is 5.47. The molecule has 148 valence electrons. The van der Waals surface area contributed by atoms with Gasteiger partial charge in [0.1, 0.15) is 17.5 Å². The Balaban J connectivity index is 0.00000261. The summed E-state index contributed by atoms with van der Waals surface area (Å²) in [6, 6.07) is 3.46. The van der Waals surface area contributed by atoms with E-state index >= 15 is 0 Å². The number of aliphatic imine (C=N–C) groups is 1. The molecular weight excluding hydrogens is 485 g/mol. The molecule has 2 aromatic rings. The van der Waals surface area contributed by atoms with Gasteiger partial charge in [-0.3, -0.25) is 4.99 Å². The van der Waals surface area contributed by atoms with E-state index in [4.69, 9.17) is 0 Å². The highest BCUT2D eigenvalue weighted by Gasteiger charge is 2.22. The van der Waals surface area contributed by atoms with Gasteiger partial charge in [-0.05, 0) is 18.2 Å². The zero-order chi connectivity index (χ0) is 18.5. The van der Waals surface area contributed by atoms with Crippen LogP contribution in [0.25, 0.3) is 0 Å². The maximum absolute atomic E-state index is 13.8. The molecule has 2 heterocycles. The molecule has 1 N–H and O–H groups in total. The minimum Gasteiger partial charge on any atom is -0.352 e. The minimum absolute atomic E-state index is 0. The molecule has 0 radical (unpaired) electrons. The smallest absolute Gasteiger partial charge is 0.205 e. The van der Waals surface area contributed by atoms with Gasteiger partial charge in [0.25, 0.3) is 0 Å². The maximum atomic E-state index is 13.8.